The molecule has 0 fully saturated rings. The van der Waals surface area contributed by atoms with Crippen molar-refractivity contribution in [2.75, 3.05) is 59.9 Å². The van der Waals surface area contributed by atoms with Crippen LogP contribution in [0.2, 0.25) is 5.02 Å². The zero-order valence-electron chi connectivity index (χ0n) is 59.1. The Labute approximate surface area is 726 Å². The number of benzene rings is 8. The average molecular weight is 2230 g/mol. The van der Waals surface area contributed by atoms with Crippen LogP contribution in [0.1, 0.15) is 116 Å². The third-order valence-electron chi connectivity index (χ3n) is 17.8. The van der Waals surface area contributed by atoms with Crippen molar-refractivity contribution >= 4 is 204 Å². The van der Waals surface area contributed by atoms with Crippen molar-refractivity contribution in [3.05, 3.63) is 208 Å². The highest BCUT2D eigenvalue weighted by Crippen LogP contribution is 2.43. The Morgan fingerprint density at radius 1 is 0.468 bits per heavy atom. The summed E-state index contributed by atoms with van der Waals surface area (Å²) in [4.78, 5) is 47.0. The van der Waals surface area contributed by atoms with Gasteiger partial charge < -0.3 is 91.3 Å². The number of ether oxygens (including phenoxy) is 4. The van der Waals surface area contributed by atoms with Crippen LogP contribution < -0.4 is 40.2 Å². The molecular formula is C77H81Br2Cl2I5N4O19. The van der Waals surface area contributed by atoms with Crippen LogP contribution in [0.15, 0.2) is 118 Å². The van der Waals surface area contributed by atoms with Crippen molar-refractivity contribution in [1.82, 2.24) is 16.0 Å². The third kappa shape index (κ3) is 26.9. The normalized spacial score (nSPS) is 15.4. The van der Waals surface area contributed by atoms with Crippen LogP contribution in [-0.4, -0.2) is 136 Å². The minimum Gasteiger partial charge on any atom is -0.508 e. The van der Waals surface area contributed by atoms with E-state index in [9.17, 15) is 30.3 Å². The lowest BCUT2D eigenvalue weighted by molar-refractivity contribution is -0.159. The van der Waals surface area contributed by atoms with Gasteiger partial charge in [0.05, 0.1) is 56.7 Å². The van der Waals surface area contributed by atoms with Gasteiger partial charge in [-0.15, -0.1) is 12.4 Å². The number of carboxylic acid groups (broad SMARTS) is 5. The Balaban J connectivity index is 0.000000215. The summed E-state index contributed by atoms with van der Waals surface area (Å²) >= 11 is 24.7. The van der Waals surface area contributed by atoms with Gasteiger partial charge in [0.15, 0.2) is 23.0 Å². The standard InChI is InChI=1S/C21H24INO4.C18H19I2NO3.C17H17Br2NO2.C17H16ClI2NO2.2C2H2O4.ClH/c22-17-10-13(6-7-18(17)23-8-2-5-21(26)27)9-14-3-1-4-15-11-19(24)20(25)12-16(14)15;1-23-17-8-11-3-4-21-15(12(11)9-16(17)22)7-10-5-13(19)18(24-2)14(20)6-10;1-22-17-14(18)6-10(7-15(17)19)8-16-13-3-2-12(21)9-11(13)4-5-20-16;1-23-17-13(19)4-9(5-14(17)20)6-15-11-8-16(22)12(18)7-10(11)2-3-21-15;2*3-1(4)2(5)6;/h6-7,10-12,14,23-25H,1-5,8-9H2,(H,26,27);5-6,8-9,15,21-22H,3-4,7H2,1-2H3;2-3,6-7,9,16,20-21H,4-5,8H2,1H3;4-5,7-8,15,21-22H,2-3,6H2,1H3;2*(H,3,4)(H,5,6);1H. The number of aliphatic carboxylic acids is 5. The first-order valence-corrected chi connectivity index (χ1v) is 40.9. The van der Waals surface area contributed by atoms with Gasteiger partial charge >= 0.3 is 29.8 Å². The summed E-state index contributed by atoms with van der Waals surface area (Å²) in [7, 11) is 6.65. The van der Waals surface area contributed by atoms with E-state index >= 15 is 0 Å². The van der Waals surface area contributed by atoms with Crippen molar-refractivity contribution < 1.29 is 94.0 Å². The van der Waals surface area contributed by atoms with Crippen LogP contribution in [-0.2, 0) is 75.3 Å². The van der Waals surface area contributed by atoms with Crippen LogP contribution in [0.3, 0.4) is 0 Å². The molecule has 0 aromatic heterocycles. The molecule has 3 heterocycles. The molecule has 12 rings (SSSR count). The molecular weight excluding hydrogens is 2150 g/mol. The van der Waals surface area contributed by atoms with Crippen LogP contribution in [0.25, 0.3) is 0 Å². The second-order valence-corrected chi connectivity index (χ2v) is 33.0. The second kappa shape index (κ2) is 44.6. The smallest absolute Gasteiger partial charge is 0.414 e. The largest absolute Gasteiger partial charge is 0.508 e. The predicted molar refractivity (Wildman–Crippen MR) is 467 cm³/mol. The lowest BCUT2D eigenvalue weighted by Crippen LogP contribution is -2.31. The number of anilines is 1. The Morgan fingerprint density at radius 2 is 0.899 bits per heavy atom. The number of nitrogens with one attached hydrogen (secondary N) is 4. The van der Waals surface area contributed by atoms with E-state index in [1.807, 2.05) is 30.3 Å². The maximum absolute atomic E-state index is 10.6. The number of phenols is 5. The Bertz CT molecular complexity index is 4450. The first-order valence-electron chi connectivity index (χ1n) is 33.5. The van der Waals surface area contributed by atoms with Gasteiger partial charge in [-0.2, -0.15) is 0 Å². The number of hydrogen-bond donors (Lipinski definition) is 14. The molecule has 4 unspecified atom stereocenters. The zero-order valence-corrected chi connectivity index (χ0v) is 74.6. The number of hydrogen-bond acceptors (Lipinski definition) is 18. The SMILES string of the molecule is COc1c(Br)cc(CC2NCCc3cc(O)ccc32)cc1Br.COc1c(I)cc(CC2NCCc3cc(Cl)c(O)cc32)cc1I.COc1cc2c(cc1O)C(Cc1cc(I)c(OC)c(I)c1)NCC2.Cl.O=C(O)C(=O)O.O=C(O)C(=O)O.O=C(O)CCCNc1ccc(CC2CCCc3cc(O)c(O)cc32)cc1I. The molecule has 3 aliphatic heterocycles. The quantitative estimate of drug-likeness (QED) is 0.0174. The summed E-state index contributed by atoms with van der Waals surface area (Å²) in [5.74, 6) is -3.91. The number of carbonyl (C=O) groups is 5. The second-order valence-electron chi connectivity index (χ2n) is 25.1. The minimum absolute atomic E-state index is 0. The lowest BCUT2D eigenvalue weighted by Gasteiger charge is -2.28. The Hall–Kier alpha value is -5.82. The van der Waals surface area contributed by atoms with Gasteiger partial charge in [-0.1, -0.05) is 23.7 Å². The molecule has 4 atom stereocenters. The Morgan fingerprint density at radius 3 is 1.37 bits per heavy atom. The molecule has 4 aliphatic rings. The van der Waals surface area contributed by atoms with Crippen molar-refractivity contribution in [3.8, 4) is 51.7 Å². The van der Waals surface area contributed by atoms with E-state index in [1.54, 1.807) is 52.7 Å². The van der Waals surface area contributed by atoms with Crippen molar-refractivity contribution in [1.29, 1.82) is 0 Å². The molecule has 0 saturated carbocycles. The van der Waals surface area contributed by atoms with E-state index in [1.165, 1.54) is 44.5 Å². The third-order valence-corrected chi connectivity index (χ3v) is 23.4. The number of aryl methyl sites for hydroxylation is 1. The Kier molecular flexibility index (Phi) is 37.6. The molecule has 14 N–H and O–H groups in total. The number of methoxy groups -OCH3 is 4. The van der Waals surface area contributed by atoms with Gasteiger partial charge in [-0.3, -0.25) is 4.79 Å². The van der Waals surface area contributed by atoms with Crippen molar-refractivity contribution in [3.63, 3.8) is 0 Å². The summed E-state index contributed by atoms with van der Waals surface area (Å²) in [6, 6.07) is 36.4. The van der Waals surface area contributed by atoms with Crippen molar-refractivity contribution in [2.24, 2.45) is 0 Å². The van der Waals surface area contributed by atoms with E-state index in [-0.39, 0.29) is 60.0 Å². The summed E-state index contributed by atoms with van der Waals surface area (Å²) in [6.07, 6.45) is 10.2. The highest BCUT2D eigenvalue weighted by molar-refractivity contribution is 14.1. The topological polar surface area (TPSA) is 373 Å². The van der Waals surface area contributed by atoms with Crippen LogP contribution in [0.5, 0.6) is 51.7 Å². The molecule has 32 heteroatoms. The number of carboxylic acids is 5. The fourth-order valence-electron chi connectivity index (χ4n) is 12.9. The molecule has 0 amide bonds. The highest BCUT2D eigenvalue weighted by atomic mass is 127. The summed E-state index contributed by atoms with van der Waals surface area (Å²) in [5, 5.41) is 102. The molecule has 0 radical (unpaired) electrons. The molecule has 109 heavy (non-hydrogen) atoms. The maximum Gasteiger partial charge on any atom is 0.414 e. The summed E-state index contributed by atoms with van der Waals surface area (Å²) in [5.41, 5.74) is 15.5. The molecule has 0 spiro atoms. The zero-order chi connectivity index (χ0) is 79.2. The number of halogens is 9. The molecule has 0 saturated heterocycles. The van der Waals surface area contributed by atoms with Crippen molar-refractivity contribution in [2.45, 2.75) is 101 Å². The summed E-state index contributed by atoms with van der Waals surface area (Å²) in [6.45, 7) is 3.42. The van der Waals surface area contributed by atoms with E-state index in [2.05, 4.69) is 221 Å². The van der Waals surface area contributed by atoms with Crippen LogP contribution in [0.4, 0.5) is 5.69 Å². The number of aromatic hydroxyl groups is 5. The molecule has 8 aromatic rings. The molecule has 586 valence electrons. The lowest BCUT2D eigenvalue weighted by atomic mass is 9.79. The average Bonchev–Trinajstić information content (AvgIpc) is 0.805. The predicted octanol–water partition coefficient (Wildman–Crippen LogP) is 16.5. The fraction of sp³-hybridized carbons (Fsp3) is 0.312. The van der Waals surface area contributed by atoms with E-state index in [4.69, 9.17) is 75.3 Å². The van der Waals surface area contributed by atoms with Gasteiger partial charge in [0.2, 0.25) is 0 Å². The number of rotatable bonds is 17. The van der Waals surface area contributed by atoms with E-state index in [0.717, 1.165) is 156 Å². The maximum atomic E-state index is 10.6. The highest BCUT2D eigenvalue weighted by Gasteiger charge is 2.28. The number of phenolic OH excluding ortho intramolecular Hbond substituents is 5. The first-order chi connectivity index (χ1) is 51.3. The van der Waals surface area contributed by atoms with Gasteiger partial charge in [0, 0.05) is 40.3 Å². The molecule has 0 bridgehead atoms. The first kappa shape index (κ1) is 92.1. The van der Waals surface area contributed by atoms with Gasteiger partial charge in [-0.05, 0) is 405 Å². The number of fused-ring (bicyclic) bond motifs is 4. The van der Waals surface area contributed by atoms with E-state index in [0.29, 0.717) is 35.4 Å². The molecule has 23 nitrogen and oxygen atoms in total. The fourth-order valence-corrected chi connectivity index (χ4v) is 20.1. The van der Waals surface area contributed by atoms with Gasteiger partial charge in [0.25, 0.3) is 0 Å². The van der Waals surface area contributed by atoms with E-state index < -0.39 is 29.8 Å². The minimum atomic E-state index is -1.82. The monoisotopic (exact) mass is 2230 g/mol. The molecule has 1 aliphatic carbocycles. The van der Waals surface area contributed by atoms with Gasteiger partial charge in [-0.25, -0.2) is 19.2 Å². The van der Waals surface area contributed by atoms with Crippen LogP contribution in [0, 0.1) is 17.9 Å². The van der Waals surface area contributed by atoms with Gasteiger partial charge in [0.1, 0.15) is 28.7 Å². The summed E-state index contributed by atoms with van der Waals surface area (Å²) < 4.78 is 28.9. The van der Waals surface area contributed by atoms with Crippen LogP contribution >= 0.6 is 169 Å². The molecule has 8 aromatic carbocycles.